The fourth-order valence-corrected chi connectivity index (χ4v) is 2.87. The van der Waals surface area contributed by atoms with Gasteiger partial charge in [0.1, 0.15) is 5.75 Å². The minimum atomic E-state index is -0.435. The molecule has 0 bridgehead atoms. The molecule has 1 heterocycles. The fourth-order valence-electron chi connectivity index (χ4n) is 2.87. The zero-order valence-electron chi connectivity index (χ0n) is 13.4. The van der Waals surface area contributed by atoms with Gasteiger partial charge in [-0.15, -0.1) is 0 Å². The number of hydrogen-bond donors (Lipinski definition) is 0. The number of nitro benzene ring substituents is 1. The lowest BCUT2D eigenvalue weighted by Crippen LogP contribution is -2.38. The van der Waals surface area contributed by atoms with Crippen LogP contribution in [0.1, 0.15) is 16.7 Å². The van der Waals surface area contributed by atoms with Crippen LogP contribution >= 0.6 is 0 Å². The highest BCUT2D eigenvalue weighted by molar-refractivity contribution is 5.78. The van der Waals surface area contributed by atoms with Crippen molar-refractivity contribution in [2.24, 2.45) is 0 Å². The summed E-state index contributed by atoms with van der Waals surface area (Å²) in [4.78, 5) is 24.5. The summed E-state index contributed by atoms with van der Waals surface area (Å²) in [5, 5.41) is 10.8. The Bertz CT molecular complexity index is 788. The molecule has 6 nitrogen and oxygen atoms in total. The van der Waals surface area contributed by atoms with Crippen LogP contribution in [-0.4, -0.2) is 28.9 Å². The van der Waals surface area contributed by atoms with Gasteiger partial charge in [-0.1, -0.05) is 24.3 Å². The summed E-state index contributed by atoms with van der Waals surface area (Å²) in [6, 6.07) is 12.6. The molecule has 3 rings (SSSR count). The van der Waals surface area contributed by atoms with E-state index in [0.717, 1.165) is 6.42 Å². The van der Waals surface area contributed by atoms with E-state index >= 15 is 0 Å². The number of aryl methyl sites for hydroxylation is 1. The van der Waals surface area contributed by atoms with E-state index in [2.05, 4.69) is 6.07 Å². The van der Waals surface area contributed by atoms with Gasteiger partial charge in [-0.2, -0.15) is 0 Å². The van der Waals surface area contributed by atoms with Gasteiger partial charge in [-0.05, 0) is 36.6 Å². The number of nitro groups is 1. The van der Waals surface area contributed by atoms with Crippen LogP contribution in [0, 0.1) is 17.0 Å². The Morgan fingerprint density at radius 3 is 2.71 bits per heavy atom. The summed E-state index contributed by atoms with van der Waals surface area (Å²) >= 11 is 0. The fraction of sp³-hybridized carbons (Fsp3) is 0.278. The van der Waals surface area contributed by atoms with Crippen molar-refractivity contribution < 1.29 is 14.5 Å². The SMILES string of the molecule is Cc1cc(OCC(=O)N2CCc3ccccc3C2)ccc1[N+](=O)[O-]. The van der Waals surface area contributed by atoms with Crippen molar-refractivity contribution in [1.82, 2.24) is 4.90 Å². The summed E-state index contributed by atoms with van der Waals surface area (Å²) in [7, 11) is 0. The molecule has 0 N–H and O–H groups in total. The predicted octanol–water partition coefficient (Wildman–Crippen LogP) is 2.87. The van der Waals surface area contributed by atoms with E-state index < -0.39 is 4.92 Å². The van der Waals surface area contributed by atoms with E-state index in [1.54, 1.807) is 17.9 Å². The number of fused-ring (bicyclic) bond motifs is 1. The number of ether oxygens (including phenoxy) is 1. The van der Waals surface area contributed by atoms with Crippen LogP contribution in [0.15, 0.2) is 42.5 Å². The summed E-state index contributed by atoms with van der Waals surface area (Å²) in [5.74, 6) is 0.379. The molecule has 0 radical (unpaired) electrons. The molecule has 0 saturated carbocycles. The molecule has 0 unspecified atom stereocenters. The van der Waals surface area contributed by atoms with Crippen LogP contribution in [0.2, 0.25) is 0 Å². The number of hydrogen-bond acceptors (Lipinski definition) is 4. The largest absolute Gasteiger partial charge is 0.484 e. The molecule has 24 heavy (non-hydrogen) atoms. The first kappa shape index (κ1) is 16.0. The van der Waals surface area contributed by atoms with Gasteiger partial charge >= 0.3 is 0 Å². The number of nitrogens with zero attached hydrogens (tertiary/aromatic N) is 2. The van der Waals surface area contributed by atoms with E-state index in [1.807, 2.05) is 18.2 Å². The van der Waals surface area contributed by atoms with Gasteiger partial charge in [0.05, 0.1) is 4.92 Å². The molecule has 2 aromatic rings. The average Bonchev–Trinajstić information content (AvgIpc) is 2.59. The molecular weight excluding hydrogens is 308 g/mol. The van der Waals surface area contributed by atoms with Crippen LogP contribution < -0.4 is 4.74 Å². The summed E-state index contributed by atoms with van der Waals surface area (Å²) < 4.78 is 5.51. The van der Waals surface area contributed by atoms with Gasteiger partial charge in [-0.3, -0.25) is 14.9 Å². The van der Waals surface area contributed by atoms with Crippen LogP contribution in [0.3, 0.4) is 0 Å². The van der Waals surface area contributed by atoms with Gasteiger partial charge in [-0.25, -0.2) is 0 Å². The third-order valence-corrected chi connectivity index (χ3v) is 4.21. The highest BCUT2D eigenvalue weighted by Gasteiger charge is 2.20. The lowest BCUT2D eigenvalue weighted by atomic mass is 10.00. The van der Waals surface area contributed by atoms with Crippen molar-refractivity contribution in [3.05, 3.63) is 69.3 Å². The number of amides is 1. The van der Waals surface area contributed by atoms with Gasteiger partial charge in [0, 0.05) is 24.7 Å². The maximum absolute atomic E-state index is 12.3. The standard InChI is InChI=1S/C18H18N2O4/c1-13-10-16(6-7-17(13)20(22)23)24-12-18(21)19-9-8-14-4-2-3-5-15(14)11-19/h2-7,10H,8-9,11-12H2,1H3. The van der Waals surface area contributed by atoms with Crippen molar-refractivity contribution in [3.63, 3.8) is 0 Å². The topological polar surface area (TPSA) is 72.7 Å². The second-order valence-electron chi connectivity index (χ2n) is 5.83. The van der Waals surface area contributed by atoms with E-state index in [0.29, 0.717) is 24.4 Å². The monoisotopic (exact) mass is 326 g/mol. The van der Waals surface area contributed by atoms with Gasteiger partial charge < -0.3 is 9.64 Å². The zero-order chi connectivity index (χ0) is 17.1. The molecule has 1 amide bonds. The molecule has 0 spiro atoms. The van der Waals surface area contributed by atoms with Gasteiger partial charge in [0.25, 0.3) is 11.6 Å². The third kappa shape index (κ3) is 3.37. The van der Waals surface area contributed by atoms with Crippen LogP contribution in [-0.2, 0) is 17.8 Å². The average molecular weight is 326 g/mol. The molecule has 1 aliphatic rings. The van der Waals surface area contributed by atoms with Crippen LogP contribution in [0.25, 0.3) is 0 Å². The first-order valence-electron chi connectivity index (χ1n) is 7.77. The smallest absolute Gasteiger partial charge is 0.272 e. The predicted molar refractivity (Wildman–Crippen MR) is 88.9 cm³/mol. The molecule has 0 atom stereocenters. The van der Waals surface area contributed by atoms with Crippen molar-refractivity contribution in [2.45, 2.75) is 19.9 Å². The molecule has 6 heteroatoms. The summed E-state index contributed by atoms with van der Waals surface area (Å²) in [6.07, 6.45) is 0.846. The molecule has 2 aromatic carbocycles. The lowest BCUT2D eigenvalue weighted by molar-refractivity contribution is -0.385. The number of rotatable bonds is 4. The Kier molecular flexibility index (Phi) is 4.46. The summed E-state index contributed by atoms with van der Waals surface area (Å²) in [5.41, 5.74) is 3.01. The highest BCUT2D eigenvalue weighted by Crippen LogP contribution is 2.23. The molecule has 0 aliphatic carbocycles. The lowest BCUT2D eigenvalue weighted by Gasteiger charge is -2.28. The Hall–Kier alpha value is -2.89. The Labute approximate surface area is 139 Å². The Balaban J connectivity index is 1.60. The van der Waals surface area contributed by atoms with Crippen molar-refractivity contribution in [3.8, 4) is 5.75 Å². The van der Waals surface area contributed by atoms with E-state index in [9.17, 15) is 14.9 Å². The molecule has 0 fully saturated rings. The van der Waals surface area contributed by atoms with E-state index in [1.165, 1.54) is 23.3 Å². The first-order chi connectivity index (χ1) is 11.5. The highest BCUT2D eigenvalue weighted by atomic mass is 16.6. The Morgan fingerprint density at radius 2 is 2.00 bits per heavy atom. The zero-order valence-corrected chi connectivity index (χ0v) is 13.4. The minimum absolute atomic E-state index is 0.0429. The van der Waals surface area contributed by atoms with Gasteiger partial charge in [0.15, 0.2) is 6.61 Å². The quantitative estimate of drug-likeness (QED) is 0.640. The normalized spacial score (nSPS) is 13.3. The summed E-state index contributed by atoms with van der Waals surface area (Å²) in [6.45, 7) is 2.85. The number of carbonyl (C=O) groups excluding carboxylic acids is 1. The minimum Gasteiger partial charge on any atom is -0.484 e. The van der Waals surface area contributed by atoms with Crippen molar-refractivity contribution >= 4 is 11.6 Å². The maximum atomic E-state index is 12.3. The van der Waals surface area contributed by atoms with E-state index in [-0.39, 0.29) is 18.2 Å². The third-order valence-electron chi connectivity index (χ3n) is 4.21. The second-order valence-corrected chi connectivity index (χ2v) is 5.83. The second kappa shape index (κ2) is 6.70. The molecule has 1 aliphatic heterocycles. The molecule has 0 saturated heterocycles. The van der Waals surface area contributed by atoms with Gasteiger partial charge in [0.2, 0.25) is 0 Å². The van der Waals surface area contributed by atoms with Crippen molar-refractivity contribution in [2.75, 3.05) is 13.2 Å². The molecular formula is C18H18N2O4. The number of carbonyl (C=O) groups is 1. The van der Waals surface area contributed by atoms with Crippen LogP contribution in [0.5, 0.6) is 5.75 Å². The maximum Gasteiger partial charge on any atom is 0.272 e. The van der Waals surface area contributed by atoms with Crippen LogP contribution in [0.4, 0.5) is 5.69 Å². The molecule has 124 valence electrons. The first-order valence-corrected chi connectivity index (χ1v) is 7.77. The number of benzene rings is 2. The molecule has 0 aromatic heterocycles. The Morgan fingerprint density at radius 1 is 1.25 bits per heavy atom. The van der Waals surface area contributed by atoms with E-state index in [4.69, 9.17) is 4.74 Å². The van der Waals surface area contributed by atoms with Crippen molar-refractivity contribution in [1.29, 1.82) is 0 Å².